The van der Waals surface area contributed by atoms with Crippen LogP contribution >= 0.6 is 0 Å². The van der Waals surface area contributed by atoms with E-state index in [0.29, 0.717) is 33.7 Å². The van der Waals surface area contributed by atoms with Crippen LogP contribution in [-0.4, -0.2) is 28.1 Å². The van der Waals surface area contributed by atoms with Gasteiger partial charge in [-0.25, -0.2) is 9.78 Å². The highest BCUT2D eigenvalue weighted by molar-refractivity contribution is 6.05. The molecule has 3 heterocycles. The SMILES string of the molecule is Cc1cc(NC(=O)C(C)OC(=O)c2cc(-c3ccco3)nc3ccccc23)no1. The summed E-state index contributed by atoms with van der Waals surface area (Å²) in [5.41, 5.74) is 1.40. The fraction of sp³-hybridized carbons (Fsp3) is 0.143. The Bertz CT molecular complexity index is 1180. The largest absolute Gasteiger partial charge is 0.463 e. The van der Waals surface area contributed by atoms with Crippen LogP contribution in [0.3, 0.4) is 0 Å². The van der Waals surface area contributed by atoms with E-state index in [1.54, 1.807) is 49.4 Å². The smallest absolute Gasteiger partial charge is 0.339 e. The van der Waals surface area contributed by atoms with Crippen molar-refractivity contribution < 1.29 is 23.3 Å². The molecule has 0 aliphatic carbocycles. The lowest BCUT2D eigenvalue weighted by atomic mass is 10.1. The molecule has 8 nitrogen and oxygen atoms in total. The Morgan fingerprint density at radius 1 is 1.14 bits per heavy atom. The minimum absolute atomic E-state index is 0.255. The van der Waals surface area contributed by atoms with Crippen LogP contribution in [-0.2, 0) is 9.53 Å². The fourth-order valence-corrected chi connectivity index (χ4v) is 2.83. The number of furan rings is 1. The first kappa shape index (κ1) is 18.4. The summed E-state index contributed by atoms with van der Waals surface area (Å²) in [5, 5.41) is 6.85. The van der Waals surface area contributed by atoms with Crippen molar-refractivity contribution in [2.75, 3.05) is 5.32 Å². The number of fused-ring (bicyclic) bond motifs is 1. The Hall–Kier alpha value is -3.94. The molecule has 1 amide bonds. The summed E-state index contributed by atoms with van der Waals surface area (Å²) in [7, 11) is 0. The van der Waals surface area contributed by atoms with Gasteiger partial charge in [-0.1, -0.05) is 23.4 Å². The van der Waals surface area contributed by atoms with E-state index in [9.17, 15) is 9.59 Å². The van der Waals surface area contributed by atoms with Crippen LogP contribution in [0.5, 0.6) is 0 Å². The molecule has 29 heavy (non-hydrogen) atoms. The number of hydrogen-bond donors (Lipinski definition) is 1. The molecule has 0 spiro atoms. The quantitative estimate of drug-likeness (QED) is 0.513. The van der Waals surface area contributed by atoms with Crippen LogP contribution in [0.1, 0.15) is 23.0 Å². The van der Waals surface area contributed by atoms with Gasteiger partial charge in [0, 0.05) is 11.5 Å². The first-order valence-electron chi connectivity index (χ1n) is 8.90. The second kappa shape index (κ2) is 7.59. The number of hydrogen-bond acceptors (Lipinski definition) is 7. The molecular formula is C21H17N3O5. The van der Waals surface area contributed by atoms with Crippen molar-refractivity contribution in [1.82, 2.24) is 10.1 Å². The van der Waals surface area contributed by atoms with Crippen molar-refractivity contribution in [3.63, 3.8) is 0 Å². The van der Waals surface area contributed by atoms with Crippen LogP contribution in [0, 0.1) is 6.92 Å². The normalized spacial score (nSPS) is 11.9. The zero-order valence-corrected chi connectivity index (χ0v) is 15.7. The van der Waals surface area contributed by atoms with E-state index in [1.165, 1.54) is 13.2 Å². The molecule has 1 aromatic carbocycles. The van der Waals surface area contributed by atoms with Gasteiger partial charge in [-0.15, -0.1) is 0 Å². The summed E-state index contributed by atoms with van der Waals surface area (Å²) in [6.07, 6.45) is 0.487. The number of carbonyl (C=O) groups is 2. The number of nitrogens with one attached hydrogen (secondary N) is 1. The van der Waals surface area contributed by atoms with Crippen LogP contribution < -0.4 is 5.32 Å². The van der Waals surface area contributed by atoms with Crippen molar-refractivity contribution in [3.8, 4) is 11.5 Å². The Morgan fingerprint density at radius 3 is 2.69 bits per heavy atom. The van der Waals surface area contributed by atoms with Crippen molar-refractivity contribution in [1.29, 1.82) is 0 Å². The van der Waals surface area contributed by atoms with Crippen molar-refractivity contribution in [2.24, 2.45) is 0 Å². The van der Waals surface area contributed by atoms with Crippen molar-refractivity contribution >= 4 is 28.6 Å². The molecule has 0 bridgehead atoms. The third-order valence-corrected chi connectivity index (χ3v) is 4.24. The molecule has 8 heteroatoms. The maximum atomic E-state index is 12.9. The molecule has 146 valence electrons. The van der Waals surface area contributed by atoms with Gasteiger partial charge in [0.05, 0.1) is 17.3 Å². The Morgan fingerprint density at radius 2 is 1.97 bits per heavy atom. The summed E-state index contributed by atoms with van der Waals surface area (Å²) in [4.78, 5) is 29.7. The average Bonchev–Trinajstić information content (AvgIpc) is 3.39. The highest BCUT2D eigenvalue weighted by atomic mass is 16.5. The molecule has 4 rings (SSSR count). The summed E-state index contributed by atoms with van der Waals surface area (Å²) < 4.78 is 15.7. The lowest BCUT2D eigenvalue weighted by Crippen LogP contribution is -2.30. The number of carbonyl (C=O) groups excluding carboxylic acids is 2. The lowest BCUT2D eigenvalue weighted by Gasteiger charge is -2.14. The first-order valence-corrected chi connectivity index (χ1v) is 8.90. The number of para-hydroxylation sites is 1. The van der Waals surface area contributed by atoms with Gasteiger partial charge in [0.25, 0.3) is 5.91 Å². The van der Waals surface area contributed by atoms with Crippen molar-refractivity contribution in [3.05, 3.63) is 66.1 Å². The minimum atomic E-state index is -1.04. The maximum Gasteiger partial charge on any atom is 0.339 e. The zero-order chi connectivity index (χ0) is 20.4. The van der Waals surface area contributed by atoms with Gasteiger partial charge in [-0.2, -0.15) is 0 Å². The second-order valence-corrected chi connectivity index (χ2v) is 6.41. The number of aryl methyl sites for hydroxylation is 1. The molecule has 0 aliphatic heterocycles. The average molecular weight is 391 g/mol. The van der Waals surface area contributed by atoms with Crippen molar-refractivity contribution in [2.45, 2.75) is 20.0 Å². The number of aromatic nitrogens is 2. The Balaban J connectivity index is 1.59. The number of benzene rings is 1. The molecule has 0 radical (unpaired) electrons. The summed E-state index contributed by atoms with van der Waals surface area (Å²) in [6.45, 7) is 3.19. The predicted octanol–water partition coefficient (Wildman–Crippen LogP) is 3.98. The highest BCUT2D eigenvalue weighted by Gasteiger charge is 2.22. The van der Waals surface area contributed by atoms with E-state index in [1.807, 2.05) is 6.07 Å². The number of rotatable bonds is 5. The van der Waals surface area contributed by atoms with Crippen LogP contribution in [0.4, 0.5) is 5.82 Å². The molecule has 1 N–H and O–H groups in total. The zero-order valence-electron chi connectivity index (χ0n) is 15.7. The van der Waals surface area contributed by atoms with Crippen LogP contribution in [0.2, 0.25) is 0 Å². The van der Waals surface area contributed by atoms with E-state index < -0.39 is 18.0 Å². The second-order valence-electron chi connectivity index (χ2n) is 6.41. The molecular weight excluding hydrogens is 374 g/mol. The lowest BCUT2D eigenvalue weighted by molar-refractivity contribution is -0.123. The maximum absolute atomic E-state index is 12.9. The van der Waals surface area contributed by atoms with E-state index in [4.69, 9.17) is 13.7 Å². The monoisotopic (exact) mass is 391 g/mol. The third kappa shape index (κ3) is 3.86. The summed E-state index contributed by atoms with van der Waals surface area (Å²) >= 11 is 0. The number of amides is 1. The molecule has 1 unspecified atom stereocenters. The number of nitrogens with zero attached hydrogens (tertiary/aromatic N) is 2. The Labute approximate surface area is 165 Å². The molecule has 4 aromatic rings. The highest BCUT2D eigenvalue weighted by Crippen LogP contribution is 2.26. The van der Waals surface area contributed by atoms with Crippen LogP contribution in [0.15, 0.2) is 63.7 Å². The third-order valence-electron chi connectivity index (χ3n) is 4.24. The van der Waals surface area contributed by atoms with Gasteiger partial charge < -0.3 is 19.0 Å². The van der Waals surface area contributed by atoms with Gasteiger partial charge in [-0.05, 0) is 38.1 Å². The van der Waals surface area contributed by atoms with Crippen LogP contribution in [0.25, 0.3) is 22.4 Å². The molecule has 0 saturated heterocycles. The first-order chi connectivity index (χ1) is 14.0. The number of pyridine rings is 1. The van der Waals surface area contributed by atoms with E-state index in [0.717, 1.165) is 0 Å². The number of anilines is 1. The topological polar surface area (TPSA) is 107 Å². The van der Waals surface area contributed by atoms with Gasteiger partial charge in [0.1, 0.15) is 11.5 Å². The number of esters is 1. The van der Waals surface area contributed by atoms with E-state index >= 15 is 0 Å². The molecule has 0 aliphatic rings. The molecule has 0 saturated carbocycles. The Kier molecular flexibility index (Phi) is 4.82. The van der Waals surface area contributed by atoms with Gasteiger partial charge in [0.2, 0.25) is 0 Å². The molecule has 3 aromatic heterocycles. The van der Waals surface area contributed by atoms with Gasteiger partial charge in [0.15, 0.2) is 17.7 Å². The van der Waals surface area contributed by atoms with E-state index in [2.05, 4.69) is 15.5 Å². The number of ether oxygens (including phenoxy) is 1. The van der Waals surface area contributed by atoms with E-state index in [-0.39, 0.29) is 5.82 Å². The minimum Gasteiger partial charge on any atom is -0.463 e. The summed E-state index contributed by atoms with van der Waals surface area (Å²) in [6, 6.07) is 13.8. The molecule has 0 fully saturated rings. The van der Waals surface area contributed by atoms with Gasteiger partial charge in [-0.3, -0.25) is 4.79 Å². The van der Waals surface area contributed by atoms with Gasteiger partial charge >= 0.3 is 5.97 Å². The summed E-state index contributed by atoms with van der Waals surface area (Å²) in [5.74, 6) is 0.173. The molecule has 1 atom stereocenters. The fourth-order valence-electron chi connectivity index (χ4n) is 2.83. The predicted molar refractivity (Wildman–Crippen MR) is 104 cm³/mol. The standard InChI is InChI=1S/C21H17N3O5/c1-12-10-19(24-29-12)23-20(25)13(2)28-21(26)15-11-17(18-8-5-9-27-18)22-16-7-4-3-6-14(15)16/h3-11,13H,1-2H3,(H,23,24,25).